The van der Waals surface area contributed by atoms with Crippen molar-refractivity contribution in [3.8, 4) is 0 Å². The van der Waals surface area contributed by atoms with E-state index in [1.54, 1.807) is 32.1 Å². The van der Waals surface area contributed by atoms with Gasteiger partial charge in [-0.25, -0.2) is 8.42 Å². The van der Waals surface area contributed by atoms with Crippen molar-refractivity contribution in [3.63, 3.8) is 0 Å². The second-order valence-corrected chi connectivity index (χ2v) is 10.1. The van der Waals surface area contributed by atoms with Crippen LogP contribution in [0.25, 0.3) is 6.08 Å². The summed E-state index contributed by atoms with van der Waals surface area (Å²) in [6, 6.07) is 1.98. The van der Waals surface area contributed by atoms with Crippen molar-refractivity contribution >= 4 is 56.0 Å². The molecular formula is C17H18N2O5S3. The summed E-state index contributed by atoms with van der Waals surface area (Å²) in [4.78, 5) is 27.3. The zero-order valence-corrected chi connectivity index (χ0v) is 17.1. The lowest BCUT2D eigenvalue weighted by molar-refractivity contribution is -0.134. The number of thioether (sulfide) groups is 1. The number of hydrogen-bond donors (Lipinski definition) is 1. The quantitative estimate of drug-likeness (QED) is 0.568. The van der Waals surface area contributed by atoms with Crippen LogP contribution in [-0.4, -0.2) is 47.3 Å². The molecule has 3 rings (SSSR count). The number of amides is 2. The summed E-state index contributed by atoms with van der Waals surface area (Å²) >= 11 is 6.44. The van der Waals surface area contributed by atoms with Crippen LogP contribution in [0.5, 0.6) is 0 Å². The van der Waals surface area contributed by atoms with Crippen molar-refractivity contribution < 1.29 is 22.4 Å². The van der Waals surface area contributed by atoms with Gasteiger partial charge in [0.05, 0.1) is 23.0 Å². The predicted molar refractivity (Wildman–Crippen MR) is 107 cm³/mol. The topological polar surface area (TPSA) is 96.7 Å². The van der Waals surface area contributed by atoms with Crippen LogP contribution in [-0.2, 0) is 19.4 Å². The Balaban J connectivity index is 1.80. The van der Waals surface area contributed by atoms with Gasteiger partial charge in [0.25, 0.3) is 5.91 Å². The number of hydrogen-bond acceptors (Lipinski definition) is 7. The highest BCUT2D eigenvalue weighted by atomic mass is 32.2. The van der Waals surface area contributed by atoms with Gasteiger partial charge in [0, 0.05) is 11.5 Å². The molecule has 0 aliphatic carbocycles. The molecule has 2 aliphatic heterocycles. The highest BCUT2D eigenvalue weighted by molar-refractivity contribution is 8.26. The van der Waals surface area contributed by atoms with Crippen LogP contribution in [0.15, 0.2) is 39.2 Å². The van der Waals surface area contributed by atoms with Crippen molar-refractivity contribution in [1.82, 2.24) is 10.2 Å². The maximum atomic E-state index is 12.9. The molecule has 2 atom stereocenters. The maximum absolute atomic E-state index is 12.9. The minimum atomic E-state index is -3.29. The number of carbonyl (C=O) groups is 2. The molecule has 1 N–H and O–H groups in total. The fourth-order valence-corrected chi connectivity index (χ4v) is 5.42. The molecule has 1 saturated heterocycles. The van der Waals surface area contributed by atoms with E-state index in [-0.39, 0.29) is 21.9 Å². The first kappa shape index (κ1) is 19.8. The lowest BCUT2D eigenvalue weighted by atomic mass is 10.0. The van der Waals surface area contributed by atoms with Crippen molar-refractivity contribution in [2.75, 3.05) is 5.75 Å². The molecule has 2 amide bonds. The van der Waals surface area contributed by atoms with Gasteiger partial charge >= 0.3 is 0 Å². The monoisotopic (exact) mass is 426 g/mol. The van der Waals surface area contributed by atoms with E-state index in [2.05, 4.69) is 5.32 Å². The van der Waals surface area contributed by atoms with E-state index >= 15 is 0 Å². The van der Waals surface area contributed by atoms with Crippen molar-refractivity contribution in [2.24, 2.45) is 5.92 Å². The normalized spacial score (nSPS) is 24.2. The minimum absolute atomic E-state index is 0.180. The third kappa shape index (κ3) is 4.33. The van der Waals surface area contributed by atoms with E-state index in [1.165, 1.54) is 17.2 Å². The summed E-state index contributed by atoms with van der Waals surface area (Å²) in [6.07, 6.45) is 4.52. The molecule has 7 nitrogen and oxygen atoms in total. The van der Waals surface area contributed by atoms with Gasteiger partial charge in [0.1, 0.15) is 16.1 Å². The largest absolute Gasteiger partial charge is 0.465 e. The number of furan rings is 1. The highest BCUT2D eigenvalue weighted by Gasteiger charge is 2.42. The van der Waals surface area contributed by atoms with E-state index in [9.17, 15) is 18.0 Å². The van der Waals surface area contributed by atoms with Crippen LogP contribution in [0, 0.1) is 5.92 Å². The Hall–Kier alpha value is -1.91. The number of rotatable bonds is 5. The lowest BCUT2D eigenvalue weighted by Crippen LogP contribution is -2.53. The van der Waals surface area contributed by atoms with Gasteiger partial charge in [-0.05, 0) is 24.1 Å². The molecule has 0 bridgehead atoms. The Morgan fingerprint density at radius 2 is 2.22 bits per heavy atom. The zero-order chi connectivity index (χ0) is 19.8. The Morgan fingerprint density at radius 1 is 1.48 bits per heavy atom. The van der Waals surface area contributed by atoms with Gasteiger partial charge < -0.3 is 9.73 Å². The SMILES string of the molecule is CC(C)C(C(=O)NC1C=CS(=O)(=O)C1)N1C(=O)C(=Cc2ccco2)SC1=S. The first-order valence-electron chi connectivity index (χ1n) is 8.20. The number of carbonyl (C=O) groups excluding carboxylic acids is 2. The molecule has 1 aromatic rings. The van der Waals surface area contributed by atoms with Gasteiger partial charge in [-0.2, -0.15) is 0 Å². The molecule has 2 unspecified atom stereocenters. The average Bonchev–Trinajstić information content (AvgIpc) is 3.25. The van der Waals surface area contributed by atoms with E-state index in [1.807, 2.05) is 0 Å². The number of nitrogens with zero attached hydrogens (tertiary/aromatic N) is 1. The first-order chi connectivity index (χ1) is 12.7. The molecule has 1 fully saturated rings. The van der Waals surface area contributed by atoms with Crippen LogP contribution < -0.4 is 5.32 Å². The maximum Gasteiger partial charge on any atom is 0.267 e. The molecular weight excluding hydrogens is 408 g/mol. The molecule has 0 radical (unpaired) electrons. The van der Waals surface area contributed by atoms with E-state index in [0.717, 1.165) is 17.2 Å². The minimum Gasteiger partial charge on any atom is -0.465 e. The number of sulfone groups is 1. The third-order valence-electron chi connectivity index (χ3n) is 4.08. The smallest absolute Gasteiger partial charge is 0.267 e. The van der Waals surface area contributed by atoms with Crippen molar-refractivity contribution in [1.29, 1.82) is 0 Å². The van der Waals surface area contributed by atoms with Crippen LogP contribution in [0.3, 0.4) is 0 Å². The number of thiocarbonyl (C=S) groups is 1. The molecule has 10 heteroatoms. The zero-order valence-electron chi connectivity index (χ0n) is 14.6. The van der Waals surface area contributed by atoms with Crippen molar-refractivity contribution in [2.45, 2.75) is 25.9 Å². The second kappa shape index (κ2) is 7.61. The summed E-state index contributed by atoms with van der Waals surface area (Å²) < 4.78 is 28.6. The fraction of sp³-hybridized carbons (Fsp3) is 0.353. The van der Waals surface area contributed by atoms with Gasteiger partial charge in [-0.3, -0.25) is 14.5 Å². The molecule has 1 aromatic heterocycles. The lowest BCUT2D eigenvalue weighted by Gasteiger charge is -2.29. The molecule has 0 aromatic carbocycles. The molecule has 27 heavy (non-hydrogen) atoms. The Labute approximate surface area is 166 Å². The van der Waals surface area contributed by atoms with Crippen LogP contribution in [0.2, 0.25) is 0 Å². The Kier molecular flexibility index (Phi) is 5.59. The first-order valence-corrected chi connectivity index (χ1v) is 11.1. The van der Waals surface area contributed by atoms with Crippen molar-refractivity contribution in [3.05, 3.63) is 40.5 Å². The van der Waals surface area contributed by atoms with Crippen LogP contribution in [0.4, 0.5) is 0 Å². The average molecular weight is 427 g/mol. The standard InChI is InChI=1S/C17H18N2O5S3/c1-10(2)14(15(20)18-11-5-7-27(22,23)9-11)19-16(21)13(26-17(19)25)8-12-4-3-6-24-12/h3-8,10-11,14H,9H2,1-2H3,(H,18,20). The predicted octanol–water partition coefficient (Wildman–Crippen LogP) is 1.93. The molecule has 0 saturated carbocycles. The van der Waals surface area contributed by atoms with E-state index < -0.39 is 27.8 Å². The fourth-order valence-electron chi connectivity index (χ4n) is 2.87. The highest BCUT2D eigenvalue weighted by Crippen LogP contribution is 2.35. The summed E-state index contributed by atoms with van der Waals surface area (Å²) in [5, 5.41) is 3.78. The summed E-state index contributed by atoms with van der Waals surface area (Å²) in [5.74, 6) is -0.697. The molecule has 0 spiro atoms. The van der Waals surface area contributed by atoms with E-state index in [0.29, 0.717) is 10.7 Å². The summed E-state index contributed by atoms with van der Waals surface area (Å²) in [6.45, 7) is 3.61. The summed E-state index contributed by atoms with van der Waals surface area (Å²) in [7, 11) is -3.29. The summed E-state index contributed by atoms with van der Waals surface area (Å²) in [5.41, 5.74) is 0. The molecule has 2 aliphatic rings. The van der Waals surface area contributed by atoms with Crippen LogP contribution in [0.1, 0.15) is 19.6 Å². The van der Waals surface area contributed by atoms with Gasteiger partial charge in [-0.1, -0.05) is 37.8 Å². The van der Waals surface area contributed by atoms with Gasteiger partial charge in [0.15, 0.2) is 9.84 Å². The number of nitrogens with one attached hydrogen (secondary N) is 1. The Bertz CT molecular complexity index is 932. The van der Waals surface area contributed by atoms with Gasteiger partial charge in [0.2, 0.25) is 5.91 Å². The molecule has 3 heterocycles. The molecule has 144 valence electrons. The van der Waals surface area contributed by atoms with E-state index in [4.69, 9.17) is 16.6 Å². The van der Waals surface area contributed by atoms with Gasteiger partial charge in [-0.15, -0.1) is 0 Å². The second-order valence-electron chi connectivity index (χ2n) is 6.53. The van der Waals surface area contributed by atoms with Crippen LogP contribution >= 0.6 is 24.0 Å². The third-order valence-corrected chi connectivity index (χ3v) is 6.80. The Morgan fingerprint density at radius 3 is 2.78 bits per heavy atom.